The summed E-state index contributed by atoms with van der Waals surface area (Å²) in [6.45, 7) is 4.58. The Morgan fingerprint density at radius 3 is 2.93 bits per heavy atom. The normalized spacial score (nSPS) is 36.2. The van der Waals surface area contributed by atoms with E-state index in [2.05, 4.69) is 17.1 Å². The third-order valence-corrected chi connectivity index (χ3v) is 3.96. The summed E-state index contributed by atoms with van der Waals surface area (Å²) in [6.07, 6.45) is 4.76. The van der Waals surface area contributed by atoms with E-state index in [1.807, 2.05) is 0 Å². The van der Waals surface area contributed by atoms with Gasteiger partial charge in [0, 0.05) is 12.1 Å². The monoisotopic (exact) mass is 211 g/mol. The highest BCUT2D eigenvalue weighted by molar-refractivity contribution is 5.71. The van der Waals surface area contributed by atoms with Crippen molar-refractivity contribution in [2.24, 2.45) is 11.7 Å². The van der Waals surface area contributed by atoms with E-state index in [0.717, 1.165) is 25.3 Å². The summed E-state index contributed by atoms with van der Waals surface area (Å²) < 4.78 is 0. The summed E-state index contributed by atoms with van der Waals surface area (Å²) in [5, 5.41) is 2.85. The Bertz CT molecular complexity index is 238. The van der Waals surface area contributed by atoms with Crippen LogP contribution in [0.25, 0.3) is 0 Å². The van der Waals surface area contributed by atoms with Gasteiger partial charge in [0.25, 0.3) is 0 Å². The number of amides is 2. The highest BCUT2D eigenvalue weighted by atomic mass is 16.2. The lowest BCUT2D eigenvalue weighted by atomic mass is 9.82. The SMILES string of the molecule is CCN1CCC2CCC(NC(N)=O)CC21. The van der Waals surface area contributed by atoms with Crippen molar-refractivity contribution in [2.75, 3.05) is 13.1 Å². The number of fused-ring (bicyclic) bond motifs is 1. The lowest BCUT2D eigenvalue weighted by molar-refractivity contribution is 0.165. The average Bonchev–Trinajstić information content (AvgIpc) is 2.59. The summed E-state index contributed by atoms with van der Waals surface area (Å²) in [4.78, 5) is 13.3. The summed E-state index contributed by atoms with van der Waals surface area (Å²) in [6, 6.07) is 0.607. The third kappa shape index (κ3) is 2.25. The van der Waals surface area contributed by atoms with E-state index in [1.165, 1.54) is 19.4 Å². The van der Waals surface area contributed by atoms with Crippen LogP contribution in [0.2, 0.25) is 0 Å². The fourth-order valence-corrected chi connectivity index (χ4v) is 3.22. The van der Waals surface area contributed by atoms with Crippen molar-refractivity contribution in [1.82, 2.24) is 10.2 Å². The lowest BCUT2D eigenvalue weighted by Crippen LogP contribution is -2.47. The molecule has 86 valence electrons. The van der Waals surface area contributed by atoms with E-state index in [0.29, 0.717) is 12.1 Å². The fraction of sp³-hybridized carbons (Fsp3) is 0.909. The predicted octanol–water partition coefficient (Wildman–Crippen LogP) is 0.918. The highest BCUT2D eigenvalue weighted by Gasteiger charge is 2.38. The predicted molar refractivity (Wildman–Crippen MR) is 59.5 cm³/mol. The molecule has 1 aliphatic heterocycles. The molecule has 0 aromatic rings. The van der Waals surface area contributed by atoms with Crippen molar-refractivity contribution >= 4 is 6.03 Å². The first-order valence-electron chi connectivity index (χ1n) is 6.00. The number of primary amides is 1. The molecule has 3 atom stereocenters. The molecule has 0 radical (unpaired) electrons. The molecular formula is C11H21N3O. The van der Waals surface area contributed by atoms with Gasteiger partial charge in [-0.2, -0.15) is 0 Å². The second-order valence-corrected chi connectivity index (χ2v) is 4.76. The van der Waals surface area contributed by atoms with Gasteiger partial charge in [-0.15, -0.1) is 0 Å². The molecule has 2 aliphatic rings. The van der Waals surface area contributed by atoms with Crippen LogP contribution in [-0.4, -0.2) is 36.1 Å². The van der Waals surface area contributed by atoms with E-state index < -0.39 is 0 Å². The van der Waals surface area contributed by atoms with Crippen LogP contribution in [0.3, 0.4) is 0 Å². The van der Waals surface area contributed by atoms with E-state index in [9.17, 15) is 4.79 Å². The number of carbonyl (C=O) groups excluding carboxylic acids is 1. The molecule has 15 heavy (non-hydrogen) atoms. The van der Waals surface area contributed by atoms with Gasteiger partial charge < -0.3 is 16.0 Å². The zero-order chi connectivity index (χ0) is 10.8. The summed E-state index contributed by atoms with van der Waals surface area (Å²) in [5.74, 6) is 0.857. The highest BCUT2D eigenvalue weighted by Crippen LogP contribution is 2.35. The van der Waals surface area contributed by atoms with Gasteiger partial charge in [0.15, 0.2) is 0 Å². The minimum atomic E-state index is -0.375. The molecule has 1 saturated heterocycles. The van der Waals surface area contributed by atoms with Gasteiger partial charge in [0.05, 0.1) is 0 Å². The maximum absolute atomic E-state index is 10.8. The Morgan fingerprint density at radius 1 is 1.47 bits per heavy atom. The molecule has 2 fully saturated rings. The third-order valence-electron chi connectivity index (χ3n) is 3.96. The van der Waals surface area contributed by atoms with E-state index in [1.54, 1.807) is 0 Å². The smallest absolute Gasteiger partial charge is 0.312 e. The number of carbonyl (C=O) groups is 1. The van der Waals surface area contributed by atoms with Crippen LogP contribution < -0.4 is 11.1 Å². The second-order valence-electron chi connectivity index (χ2n) is 4.76. The van der Waals surface area contributed by atoms with Crippen LogP contribution in [0, 0.1) is 5.92 Å². The van der Waals surface area contributed by atoms with Crippen LogP contribution >= 0.6 is 0 Å². The topological polar surface area (TPSA) is 58.4 Å². The molecular weight excluding hydrogens is 190 g/mol. The van der Waals surface area contributed by atoms with Gasteiger partial charge in [-0.25, -0.2) is 4.79 Å². The number of hydrogen-bond acceptors (Lipinski definition) is 2. The van der Waals surface area contributed by atoms with Crippen LogP contribution in [0.5, 0.6) is 0 Å². The molecule has 1 heterocycles. The fourth-order valence-electron chi connectivity index (χ4n) is 3.22. The van der Waals surface area contributed by atoms with Gasteiger partial charge in [0.1, 0.15) is 0 Å². The number of likely N-dealkylation sites (tertiary alicyclic amines) is 1. The number of nitrogens with zero attached hydrogens (tertiary/aromatic N) is 1. The molecule has 1 saturated carbocycles. The molecule has 4 nitrogen and oxygen atoms in total. The minimum Gasteiger partial charge on any atom is -0.352 e. The van der Waals surface area contributed by atoms with Crippen molar-refractivity contribution in [3.8, 4) is 0 Å². The molecule has 0 bridgehead atoms. The number of hydrogen-bond donors (Lipinski definition) is 2. The molecule has 3 unspecified atom stereocenters. The number of rotatable bonds is 2. The van der Waals surface area contributed by atoms with Gasteiger partial charge in [-0.3, -0.25) is 0 Å². The molecule has 1 aliphatic carbocycles. The van der Waals surface area contributed by atoms with Crippen molar-refractivity contribution in [2.45, 2.75) is 44.7 Å². The molecule has 0 aromatic carbocycles. The maximum atomic E-state index is 10.8. The van der Waals surface area contributed by atoms with Gasteiger partial charge in [0.2, 0.25) is 0 Å². The van der Waals surface area contributed by atoms with Crippen molar-refractivity contribution in [3.05, 3.63) is 0 Å². The molecule has 4 heteroatoms. The first-order chi connectivity index (χ1) is 7.20. The van der Waals surface area contributed by atoms with Crippen LogP contribution in [-0.2, 0) is 0 Å². The Labute approximate surface area is 91.2 Å². The van der Waals surface area contributed by atoms with Crippen LogP contribution in [0.4, 0.5) is 4.79 Å². The zero-order valence-corrected chi connectivity index (χ0v) is 9.41. The standard InChI is InChI=1S/C11H21N3O/c1-2-14-6-5-8-3-4-9(7-10(8)14)13-11(12)15/h8-10H,2-7H2,1H3,(H3,12,13,15). The van der Waals surface area contributed by atoms with E-state index in [-0.39, 0.29) is 6.03 Å². The molecule has 2 amide bonds. The Balaban J connectivity index is 1.93. The molecule has 3 N–H and O–H groups in total. The Kier molecular flexibility index (Phi) is 3.14. The van der Waals surface area contributed by atoms with E-state index >= 15 is 0 Å². The van der Waals surface area contributed by atoms with Gasteiger partial charge >= 0.3 is 6.03 Å². The van der Waals surface area contributed by atoms with Gasteiger partial charge in [-0.1, -0.05) is 6.92 Å². The van der Waals surface area contributed by atoms with Crippen molar-refractivity contribution in [1.29, 1.82) is 0 Å². The minimum absolute atomic E-state index is 0.302. The van der Waals surface area contributed by atoms with Gasteiger partial charge in [-0.05, 0) is 44.7 Å². The zero-order valence-electron chi connectivity index (χ0n) is 9.41. The lowest BCUT2D eigenvalue weighted by Gasteiger charge is -2.35. The summed E-state index contributed by atoms with van der Waals surface area (Å²) in [5.41, 5.74) is 5.16. The number of urea groups is 1. The quantitative estimate of drug-likeness (QED) is 0.713. The first-order valence-corrected chi connectivity index (χ1v) is 6.00. The van der Waals surface area contributed by atoms with Crippen molar-refractivity contribution < 1.29 is 4.79 Å². The average molecular weight is 211 g/mol. The Morgan fingerprint density at radius 2 is 2.27 bits per heavy atom. The Hall–Kier alpha value is -0.770. The number of nitrogens with two attached hydrogens (primary N) is 1. The molecule has 2 rings (SSSR count). The van der Waals surface area contributed by atoms with Crippen molar-refractivity contribution in [3.63, 3.8) is 0 Å². The maximum Gasteiger partial charge on any atom is 0.312 e. The van der Waals surface area contributed by atoms with Crippen LogP contribution in [0.1, 0.15) is 32.6 Å². The van der Waals surface area contributed by atoms with Crippen LogP contribution in [0.15, 0.2) is 0 Å². The number of nitrogens with one attached hydrogen (secondary N) is 1. The summed E-state index contributed by atoms with van der Waals surface area (Å²) >= 11 is 0. The summed E-state index contributed by atoms with van der Waals surface area (Å²) in [7, 11) is 0. The van der Waals surface area contributed by atoms with E-state index in [4.69, 9.17) is 5.73 Å². The first kappa shape index (κ1) is 10.7. The molecule has 0 spiro atoms. The largest absolute Gasteiger partial charge is 0.352 e. The second kappa shape index (κ2) is 4.39. The molecule has 0 aromatic heterocycles.